The fourth-order valence-electron chi connectivity index (χ4n) is 2.51. The summed E-state index contributed by atoms with van der Waals surface area (Å²) >= 11 is 0. The minimum atomic E-state index is -1.08. The number of ether oxygens (including phenoxy) is 1. The predicted molar refractivity (Wildman–Crippen MR) is 84.4 cm³/mol. The highest BCUT2D eigenvalue weighted by Gasteiger charge is 2.32. The van der Waals surface area contributed by atoms with Crippen molar-refractivity contribution in [2.24, 2.45) is 0 Å². The molecule has 1 saturated heterocycles. The standard InChI is InChI=1S/C17H19FN2O5/c1-11(25-16(23)10-20-14(21)6-7-15(20)22)17(24)19(2)9-12-4-3-5-13(18)8-12/h3-5,8,11H,6-7,9-10H2,1-2H3. The van der Waals surface area contributed by atoms with Gasteiger partial charge in [0, 0.05) is 26.4 Å². The molecule has 1 unspecified atom stereocenters. The normalized spacial score (nSPS) is 15.2. The number of nitrogens with zero attached hydrogens (tertiary/aromatic N) is 2. The molecular formula is C17H19FN2O5. The lowest BCUT2D eigenvalue weighted by Gasteiger charge is -2.22. The second-order valence-electron chi connectivity index (χ2n) is 5.83. The van der Waals surface area contributed by atoms with Crippen molar-refractivity contribution >= 4 is 23.7 Å². The maximum absolute atomic E-state index is 13.2. The van der Waals surface area contributed by atoms with Crippen molar-refractivity contribution in [3.63, 3.8) is 0 Å². The third-order valence-electron chi connectivity index (χ3n) is 3.78. The van der Waals surface area contributed by atoms with Crippen LogP contribution in [0.1, 0.15) is 25.3 Å². The first-order chi connectivity index (χ1) is 11.8. The maximum atomic E-state index is 13.2. The van der Waals surface area contributed by atoms with Gasteiger partial charge in [-0.05, 0) is 24.6 Å². The first kappa shape index (κ1) is 18.6. The molecule has 7 nitrogen and oxygen atoms in total. The summed E-state index contributed by atoms with van der Waals surface area (Å²) < 4.78 is 18.2. The van der Waals surface area contributed by atoms with Crippen LogP contribution in [0.3, 0.4) is 0 Å². The number of benzene rings is 1. The average Bonchev–Trinajstić information content (AvgIpc) is 2.85. The molecule has 0 bridgehead atoms. The third kappa shape index (κ3) is 4.85. The number of likely N-dealkylation sites (tertiary alicyclic amines) is 1. The van der Waals surface area contributed by atoms with Crippen molar-refractivity contribution in [1.82, 2.24) is 9.80 Å². The van der Waals surface area contributed by atoms with Crippen molar-refractivity contribution in [2.45, 2.75) is 32.4 Å². The topological polar surface area (TPSA) is 84.0 Å². The second-order valence-corrected chi connectivity index (χ2v) is 5.83. The molecule has 1 atom stereocenters. The Balaban J connectivity index is 1.87. The monoisotopic (exact) mass is 350 g/mol. The first-order valence-corrected chi connectivity index (χ1v) is 7.80. The zero-order valence-corrected chi connectivity index (χ0v) is 14.0. The number of hydrogen-bond donors (Lipinski definition) is 0. The third-order valence-corrected chi connectivity index (χ3v) is 3.78. The van der Waals surface area contributed by atoms with E-state index in [0.717, 1.165) is 4.90 Å². The van der Waals surface area contributed by atoms with Crippen molar-refractivity contribution in [1.29, 1.82) is 0 Å². The van der Waals surface area contributed by atoms with Crippen molar-refractivity contribution < 1.29 is 28.3 Å². The van der Waals surface area contributed by atoms with E-state index in [1.54, 1.807) is 6.07 Å². The number of carbonyl (C=O) groups excluding carboxylic acids is 4. The van der Waals surface area contributed by atoms with Gasteiger partial charge in [-0.1, -0.05) is 12.1 Å². The molecule has 1 aliphatic heterocycles. The van der Waals surface area contributed by atoms with E-state index in [1.807, 2.05) is 0 Å². The highest BCUT2D eigenvalue weighted by atomic mass is 19.1. The summed E-state index contributed by atoms with van der Waals surface area (Å²) in [7, 11) is 1.51. The molecule has 1 aromatic rings. The van der Waals surface area contributed by atoms with E-state index in [-0.39, 0.29) is 19.4 Å². The summed E-state index contributed by atoms with van der Waals surface area (Å²) in [6, 6.07) is 5.83. The summed E-state index contributed by atoms with van der Waals surface area (Å²) in [5.41, 5.74) is 0.600. The van der Waals surface area contributed by atoms with Gasteiger partial charge in [-0.3, -0.25) is 24.1 Å². The number of halogens is 1. The molecule has 3 amide bonds. The van der Waals surface area contributed by atoms with Crippen LogP contribution < -0.4 is 0 Å². The molecule has 25 heavy (non-hydrogen) atoms. The van der Waals surface area contributed by atoms with Crippen LogP contribution in [0.15, 0.2) is 24.3 Å². The van der Waals surface area contributed by atoms with Crippen molar-refractivity contribution in [2.75, 3.05) is 13.6 Å². The number of imide groups is 1. The highest BCUT2D eigenvalue weighted by Crippen LogP contribution is 2.12. The van der Waals surface area contributed by atoms with Gasteiger partial charge in [-0.15, -0.1) is 0 Å². The maximum Gasteiger partial charge on any atom is 0.326 e. The fourth-order valence-corrected chi connectivity index (χ4v) is 2.51. The molecule has 0 radical (unpaired) electrons. The van der Waals surface area contributed by atoms with Crippen LogP contribution in [0, 0.1) is 5.82 Å². The van der Waals surface area contributed by atoms with Crippen LogP contribution in [0.2, 0.25) is 0 Å². The van der Waals surface area contributed by atoms with Crippen LogP contribution in [0.25, 0.3) is 0 Å². The van der Waals surface area contributed by atoms with Gasteiger partial charge in [-0.2, -0.15) is 0 Å². The lowest BCUT2D eigenvalue weighted by molar-refractivity contribution is -0.161. The Morgan fingerprint density at radius 3 is 2.52 bits per heavy atom. The molecular weight excluding hydrogens is 331 g/mol. The van der Waals surface area contributed by atoms with Crippen LogP contribution >= 0.6 is 0 Å². The van der Waals surface area contributed by atoms with E-state index in [4.69, 9.17) is 4.74 Å². The van der Waals surface area contributed by atoms with E-state index in [9.17, 15) is 23.6 Å². The van der Waals surface area contributed by atoms with Gasteiger partial charge in [0.15, 0.2) is 6.10 Å². The SMILES string of the molecule is CC(OC(=O)CN1C(=O)CCC1=O)C(=O)N(C)Cc1cccc(F)c1. The average molecular weight is 350 g/mol. The molecule has 0 aliphatic carbocycles. The van der Waals surface area contributed by atoms with Crippen LogP contribution in [-0.4, -0.2) is 53.2 Å². The summed E-state index contributed by atoms with van der Waals surface area (Å²) in [5, 5.41) is 0. The Bertz CT molecular complexity index is 690. The summed E-state index contributed by atoms with van der Waals surface area (Å²) in [4.78, 5) is 49.2. The fraction of sp³-hybridized carbons (Fsp3) is 0.412. The Morgan fingerprint density at radius 1 is 1.28 bits per heavy atom. The smallest absolute Gasteiger partial charge is 0.326 e. The molecule has 134 valence electrons. The number of rotatable bonds is 6. The van der Waals surface area contributed by atoms with Crippen molar-refractivity contribution in [3.05, 3.63) is 35.6 Å². The number of hydrogen-bond acceptors (Lipinski definition) is 5. The predicted octanol–water partition coefficient (Wildman–Crippen LogP) is 0.865. The van der Waals surface area contributed by atoms with Crippen LogP contribution in [-0.2, 0) is 30.5 Å². The molecule has 1 aromatic carbocycles. The van der Waals surface area contributed by atoms with E-state index >= 15 is 0 Å². The molecule has 2 rings (SSSR count). The van der Waals surface area contributed by atoms with Gasteiger partial charge >= 0.3 is 5.97 Å². The Kier molecular flexibility index (Phi) is 5.84. The quantitative estimate of drug-likeness (QED) is 0.561. The molecule has 1 fully saturated rings. The Morgan fingerprint density at radius 2 is 1.92 bits per heavy atom. The van der Waals surface area contributed by atoms with E-state index in [0.29, 0.717) is 5.56 Å². The molecule has 0 N–H and O–H groups in total. The zero-order valence-electron chi connectivity index (χ0n) is 14.0. The van der Waals surface area contributed by atoms with Crippen molar-refractivity contribution in [3.8, 4) is 0 Å². The number of esters is 1. The molecule has 0 saturated carbocycles. The minimum absolute atomic E-state index is 0.0803. The summed E-state index contributed by atoms with van der Waals surface area (Å²) in [5.74, 6) is -2.56. The molecule has 0 aromatic heterocycles. The minimum Gasteiger partial charge on any atom is -0.451 e. The van der Waals surface area contributed by atoms with Gasteiger partial charge in [0.1, 0.15) is 12.4 Å². The highest BCUT2D eigenvalue weighted by molar-refractivity contribution is 6.04. The van der Waals surface area contributed by atoms with Crippen LogP contribution in [0.4, 0.5) is 4.39 Å². The number of amides is 3. The van der Waals surface area contributed by atoms with Crippen LogP contribution in [0.5, 0.6) is 0 Å². The van der Waals surface area contributed by atoms with Gasteiger partial charge in [0.2, 0.25) is 11.8 Å². The molecule has 0 spiro atoms. The molecule has 1 aliphatic rings. The van der Waals surface area contributed by atoms with Gasteiger partial charge in [0.25, 0.3) is 5.91 Å². The Hall–Kier alpha value is -2.77. The molecule has 8 heteroatoms. The Labute approximate surface area is 144 Å². The molecule has 1 heterocycles. The zero-order chi connectivity index (χ0) is 18.6. The largest absolute Gasteiger partial charge is 0.451 e. The van der Waals surface area contributed by atoms with E-state index in [2.05, 4.69) is 0 Å². The summed E-state index contributed by atoms with van der Waals surface area (Å²) in [6.07, 6.45) is -0.924. The van der Waals surface area contributed by atoms with Gasteiger partial charge < -0.3 is 9.64 Å². The van der Waals surface area contributed by atoms with Gasteiger partial charge in [0.05, 0.1) is 0 Å². The second kappa shape index (κ2) is 7.87. The van der Waals surface area contributed by atoms with Gasteiger partial charge in [-0.25, -0.2) is 4.39 Å². The lowest BCUT2D eigenvalue weighted by Crippen LogP contribution is -2.40. The van der Waals surface area contributed by atoms with E-state index < -0.39 is 42.2 Å². The summed E-state index contributed by atoms with van der Waals surface area (Å²) in [6.45, 7) is 1.06. The lowest BCUT2D eigenvalue weighted by atomic mass is 10.2. The van der Waals surface area contributed by atoms with E-state index in [1.165, 1.54) is 37.1 Å². The first-order valence-electron chi connectivity index (χ1n) is 7.80. The number of carbonyl (C=O) groups is 4. The number of likely N-dealkylation sites (N-methyl/N-ethyl adjacent to an activating group) is 1.